The number of morpholine rings is 1. The molecule has 0 atom stereocenters. The van der Waals surface area contributed by atoms with E-state index in [2.05, 4.69) is 23.1 Å². The average molecular weight is 289 g/mol. The fraction of sp³-hybridized carbons (Fsp3) is 0.529. The van der Waals surface area contributed by atoms with Crippen molar-refractivity contribution in [1.82, 2.24) is 4.90 Å². The summed E-state index contributed by atoms with van der Waals surface area (Å²) in [5, 5.41) is 0. The van der Waals surface area contributed by atoms with Crippen LogP contribution in [0, 0.1) is 0 Å². The Morgan fingerprint density at radius 3 is 2.48 bits per heavy atom. The van der Waals surface area contributed by atoms with Crippen molar-refractivity contribution < 1.29 is 14.2 Å². The molecule has 0 spiro atoms. The van der Waals surface area contributed by atoms with Gasteiger partial charge in [0, 0.05) is 19.6 Å². The lowest BCUT2D eigenvalue weighted by atomic mass is 9.91. The molecule has 1 saturated heterocycles. The van der Waals surface area contributed by atoms with Crippen molar-refractivity contribution in [3.8, 4) is 11.5 Å². The molecule has 0 radical (unpaired) electrons. The molecule has 4 nitrogen and oxygen atoms in total. The van der Waals surface area contributed by atoms with Gasteiger partial charge in [0.25, 0.3) is 0 Å². The van der Waals surface area contributed by atoms with Crippen molar-refractivity contribution in [1.29, 1.82) is 0 Å². The van der Waals surface area contributed by atoms with Crippen molar-refractivity contribution in [2.75, 3.05) is 47.1 Å². The van der Waals surface area contributed by atoms with E-state index in [0.717, 1.165) is 57.2 Å². The number of hydrogen-bond donors (Lipinski definition) is 0. The number of nitrogens with zero attached hydrogens (tertiary/aromatic N) is 1. The molecule has 0 saturated carbocycles. The van der Waals surface area contributed by atoms with Crippen molar-refractivity contribution >= 4 is 6.08 Å². The second-order valence-electron chi connectivity index (χ2n) is 5.60. The van der Waals surface area contributed by atoms with Crippen LogP contribution in [0.3, 0.4) is 0 Å². The topological polar surface area (TPSA) is 30.9 Å². The van der Waals surface area contributed by atoms with E-state index in [0.29, 0.717) is 0 Å². The maximum Gasteiger partial charge on any atom is 0.161 e. The quantitative estimate of drug-likeness (QED) is 0.851. The summed E-state index contributed by atoms with van der Waals surface area (Å²) in [5.41, 5.74) is 4.11. The number of ether oxygens (including phenoxy) is 3. The molecule has 3 rings (SSSR count). The Balaban J connectivity index is 1.79. The minimum absolute atomic E-state index is 0.806. The van der Waals surface area contributed by atoms with Gasteiger partial charge in [-0.25, -0.2) is 0 Å². The molecular weight excluding hydrogens is 266 g/mol. The monoisotopic (exact) mass is 289 g/mol. The van der Waals surface area contributed by atoms with Gasteiger partial charge in [-0.05, 0) is 36.1 Å². The molecule has 114 valence electrons. The Bertz CT molecular complexity index is 533. The van der Waals surface area contributed by atoms with Crippen molar-refractivity contribution in [2.24, 2.45) is 0 Å². The minimum atomic E-state index is 0.806. The second kappa shape index (κ2) is 6.50. The van der Waals surface area contributed by atoms with Gasteiger partial charge in [0.05, 0.1) is 27.4 Å². The van der Waals surface area contributed by atoms with E-state index >= 15 is 0 Å². The van der Waals surface area contributed by atoms with Crippen LogP contribution in [-0.2, 0) is 11.2 Å². The van der Waals surface area contributed by atoms with Crippen LogP contribution in [0.5, 0.6) is 11.5 Å². The lowest BCUT2D eigenvalue weighted by molar-refractivity contribution is 0.0420. The lowest BCUT2D eigenvalue weighted by Gasteiger charge is -2.29. The van der Waals surface area contributed by atoms with E-state index in [9.17, 15) is 0 Å². The number of rotatable bonds is 4. The summed E-state index contributed by atoms with van der Waals surface area (Å²) in [6.45, 7) is 4.84. The molecule has 0 bridgehead atoms. The Morgan fingerprint density at radius 2 is 1.76 bits per heavy atom. The Morgan fingerprint density at radius 1 is 1.05 bits per heavy atom. The minimum Gasteiger partial charge on any atom is -0.493 e. The maximum absolute atomic E-state index is 5.41. The van der Waals surface area contributed by atoms with Gasteiger partial charge in [-0.2, -0.15) is 0 Å². The molecule has 0 unspecified atom stereocenters. The largest absolute Gasteiger partial charge is 0.493 e. The predicted molar refractivity (Wildman–Crippen MR) is 83.1 cm³/mol. The standard InChI is InChI=1S/C17H23NO3/c1-19-16-10-14-4-3-13(9-15(14)11-17(16)20-2)12-18-5-7-21-8-6-18/h9-11H,3-8,12H2,1-2H3. The summed E-state index contributed by atoms with van der Waals surface area (Å²) in [7, 11) is 3.37. The molecule has 1 fully saturated rings. The Hall–Kier alpha value is -1.52. The van der Waals surface area contributed by atoms with Crippen LogP contribution in [-0.4, -0.2) is 52.0 Å². The Labute approximate surface area is 126 Å². The van der Waals surface area contributed by atoms with Gasteiger partial charge in [0.2, 0.25) is 0 Å². The molecule has 0 amide bonds. The van der Waals surface area contributed by atoms with Crippen LogP contribution in [0.1, 0.15) is 17.5 Å². The van der Waals surface area contributed by atoms with E-state index in [1.807, 2.05) is 0 Å². The third-order valence-electron chi connectivity index (χ3n) is 4.25. The second-order valence-corrected chi connectivity index (χ2v) is 5.60. The molecule has 1 aromatic rings. The lowest BCUT2D eigenvalue weighted by Crippen LogP contribution is -2.37. The number of hydrogen-bond acceptors (Lipinski definition) is 4. The fourth-order valence-corrected chi connectivity index (χ4v) is 3.05. The highest BCUT2D eigenvalue weighted by atomic mass is 16.5. The normalized spacial score (nSPS) is 18.9. The number of fused-ring (bicyclic) bond motifs is 1. The van der Waals surface area contributed by atoms with E-state index < -0.39 is 0 Å². The van der Waals surface area contributed by atoms with Gasteiger partial charge in [-0.15, -0.1) is 0 Å². The van der Waals surface area contributed by atoms with E-state index in [1.165, 1.54) is 16.7 Å². The summed E-state index contributed by atoms with van der Waals surface area (Å²) in [6, 6.07) is 4.20. The van der Waals surface area contributed by atoms with Gasteiger partial charge < -0.3 is 14.2 Å². The molecule has 1 aliphatic carbocycles. The zero-order chi connectivity index (χ0) is 14.7. The fourth-order valence-electron chi connectivity index (χ4n) is 3.05. The van der Waals surface area contributed by atoms with Gasteiger partial charge in [0.1, 0.15) is 0 Å². The molecule has 1 heterocycles. The summed E-state index contributed by atoms with van der Waals surface area (Å²) >= 11 is 0. The van der Waals surface area contributed by atoms with Crippen molar-refractivity contribution in [2.45, 2.75) is 12.8 Å². The molecule has 4 heteroatoms. The van der Waals surface area contributed by atoms with Crippen LogP contribution < -0.4 is 9.47 Å². The molecule has 1 aromatic carbocycles. The number of methoxy groups -OCH3 is 2. The van der Waals surface area contributed by atoms with Crippen molar-refractivity contribution in [3.63, 3.8) is 0 Å². The SMILES string of the molecule is COc1cc2c(cc1OC)CCC(CN1CCOCC1)=C2. The summed E-state index contributed by atoms with van der Waals surface area (Å²) < 4.78 is 16.2. The maximum atomic E-state index is 5.41. The van der Waals surface area contributed by atoms with Gasteiger partial charge in [-0.3, -0.25) is 4.90 Å². The first-order valence-corrected chi connectivity index (χ1v) is 7.54. The van der Waals surface area contributed by atoms with E-state index in [1.54, 1.807) is 14.2 Å². The smallest absolute Gasteiger partial charge is 0.161 e. The van der Waals surface area contributed by atoms with Crippen LogP contribution >= 0.6 is 0 Å². The first-order chi connectivity index (χ1) is 10.3. The summed E-state index contributed by atoms with van der Waals surface area (Å²) in [5.74, 6) is 1.63. The third-order valence-corrected chi connectivity index (χ3v) is 4.25. The zero-order valence-corrected chi connectivity index (χ0v) is 12.9. The van der Waals surface area contributed by atoms with E-state index in [4.69, 9.17) is 14.2 Å². The molecule has 0 aromatic heterocycles. The van der Waals surface area contributed by atoms with Gasteiger partial charge in [0.15, 0.2) is 11.5 Å². The molecular formula is C17H23NO3. The van der Waals surface area contributed by atoms with Gasteiger partial charge >= 0.3 is 0 Å². The zero-order valence-electron chi connectivity index (χ0n) is 12.9. The summed E-state index contributed by atoms with van der Waals surface area (Å²) in [4.78, 5) is 2.47. The highest BCUT2D eigenvalue weighted by molar-refractivity contribution is 5.64. The number of benzene rings is 1. The van der Waals surface area contributed by atoms with Crippen molar-refractivity contribution in [3.05, 3.63) is 28.8 Å². The van der Waals surface area contributed by atoms with E-state index in [-0.39, 0.29) is 0 Å². The average Bonchev–Trinajstić information content (AvgIpc) is 2.54. The first-order valence-electron chi connectivity index (χ1n) is 7.54. The van der Waals surface area contributed by atoms with Gasteiger partial charge in [-0.1, -0.05) is 11.6 Å². The van der Waals surface area contributed by atoms with Crippen LogP contribution in [0.2, 0.25) is 0 Å². The highest BCUT2D eigenvalue weighted by Gasteiger charge is 2.17. The first kappa shape index (κ1) is 14.4. The molecule has 21 heavy (non-hydrogen) atoms. The Kier molecular flexibility index (Phi) is 4.46. The third kappa shape index (κ3) is 3.22. The predicted octanol–water partition coefficient (Wildman–Crippen LogP) is 2.37. The molecule has 2 aliphatic rings. The highest BCUT2D eigenvalue weighted by Crippen LogP contribution is 2.35. The van der Waals surface area contributed by atoms with Crippen LogP contribution in [0.15, 0.2) is 17.7 Å². The molecule has 0 N–H and O–H groups in total. The summed E-state index contributed by atoms with van der Waals surface area (Å²) in [6.07, 6.45) is 4.52. The number of aryl methyl sites for hydroxylation is 1. The molecule has 1 aliphatic heterocycles. The van der Waals surface area contributed by atoms with Crippen LogP contribution in [0.25, 0.3) is 6.08 Å². The van der Waals surface area contributed by atoms with Crippen LogP contribution in [0.4, 0.5) is 0 Å².